The van der Waals surface area contributed by atoms with Gasteiger partial charge in [0.25, 0.3) is 0 Å². The molecule has 1 N–H and O–H groups in total. The molecule has 7 nitrogen and oxygen atoms in total. The van der Waals surface area contributed by atoms with E-state index in [1.807, 2.05) is 73.7 Å². The molecule has 0 aliphatic rings. The van der Waals surface area contributed by atoms with Crippen LogP contribution in [0.25, 0.3) is 0 Å². The van der Waals surface area contributed by atoms with Gasteiger partial charge in [-0.25, -0.2) is 8.42 Å². The van der Waals surface area contributed by atoms with Crippen molar-refractivity contribution in [2.24, 2.45) is 0 Å². The minimum absolute atomic E-state index is 0.0915. The minimum atomic E-state index is -3.55. The largest absolute Gasteiger partial charge is 0.357 e. The Morgan fingerprint density at radius 3 is 2.24 bits per heavy atom. The lowest BCUT2D eigenvalue weighted by Crippen LogP contribution is -2.49. The van der Waals surface area contributed by atoms with E-state index in [-0.39, 0.29) is 31.3 Å². The van der Waals surface area contributed by atoms with E-state index >= 15 is 0 Å². The molecule has 0 heterocycles. The molecule has 0 aliphatic carbocycles. The van der Waals surface area contributed by atoms with Crippen LogP contribution in [-0.4, -0.2) is 51.0 Å². The van der Waals surface area contributed by atoms with Gasteiger partial charge in [0.05, 0.1) is 11.9 Å². The van der Waals surface area contributed by atoms with Crippen LogP contribution in [0.2, 0.25) is 0 Å². The van der Waals surface area contributed by atoms with Crippen LogP contribution in [-0.2, 0) is 32.6 Å². The van der Waals surface area contributed by atoms with Crippen LogP contribution >= 0.6 is 15.9 Å². The molecule has 0 saturated carbocycles. The number of nitrogens with zero attached hydrogens (tertiary/aromatic N) is 2. The normalized spacial score (nSPS) is 12.0. The van der Waals surface area contributed by atoms with E-state index in [1.54, 1.807) is 24.1 Å². The number of hydrogen-bond acceptors (Lipinski definition) is 4. The van der Waals surface area contributed by atoms with Crippen molar-refractivity contribution in [3.63, 3.8) is 0 Å². The van der Waals surface area contributed by atoms with Crippen LogP contribution in [0, 0.1) is 6.92 Å². The number of likely N-dealkylation sites (N-methyl/N-ethyl adjacent to an activating group) is 1. The van der Waals surface area contributed by atoms with Gasteiger partial charge in [-0.05, 0) is 48.2 Å². The van der Waals surface area contributed by atoms with Crippen LogP contribution in [0.5, 0.6) is 0 Å². The number of sulfonamides is 1. The standard InChI is InChI=1S/C29H34BrN3O4S/c1-22-11-7-8-16-26(22)33(38(3,36)37)18-10-17-28(34)32(21-24-14-9-15-25(30)19-24)27(29(35)31-2)20-23-12-5-4-6-13-23/h4-9,11-16,19,27H,10,17-18,20-21H2,1-3H3,(H,31,35)/t27-/m1/s1. The Hall–Kier alpha value is -3.17. The molecule has 0 spiro atoms. The summed E-state index contributed by atoms with van der Waals surface area (Å²) in [6.07, 6.45) is 1.93. The topological polar surface area (TPSA) is 86.8 Å². The van der Waals surface area contributed by atoms with Gasteiger partial charge in [0, 0.05) is 37.5 Å². The Kier molecular flexibility index (Phi) is 10.5. The molecule has 0 bridgehead atoms. The first-order chi connectivity index (χ1) is 18.1. The van der Waals surface area contributed by atoms with Gasteiger partial charge in [-0.3, -0.25) is 13.9 Å². The van der Waals surface area contributed by atoms with E-state index in [0.717, 1.165) is 21.2 Å². The zero-order chi connectivity index (χ0) is 27.7. The van der Waals surface area contributed by atoms with E-state index < -0.39 is 16.1 Å². The van der Waals surface area contributed by atoms with E-state index in [1.165, 1.54) is 10.6 Å². The first kappa shape index (κ1) is 29.4. The molecule has 0 fully saturated rings. The third kappa shape index (κ3) is 8.16. The zero-order valence-corrected chi connectivity index (χ0v) is 24.3. The van der Waals surface area contributed by atoms with Crippen LogP contribution in [0.4, 0.5) is 5.69 Å². The molecule has 3 rings (SSSR count). The summed E-state index contributed by atoms with van der Waals surface area (Å²) in [6.45, 7) is 2.26. The number of aryl methyl sites for hydroxylation is 1. The molecule has 3 aromatic carbocycles. The molecule has 0 unspecified atom stereocenters. The second-order valence-electron chi connectivity index (χ2n) is 9.20. The van der Waals surface area contributed by atoms with Gasteiger partial charge in [0.2, 0.25) is 21.8 Å². The van der Waals surface area contributed by atoms with Crippen LogP contribution in [0.1, 0.15) is 29.5 Å². The highest BCUT2D eigenvalue weighted by atomic mass is 79.9. The second-order valence-corrected chi connectivity index (χ2v) is 12.0. The molecule has 0 aromatic heterocycles. The summed E-state index contributed by atoms with van der Waals surface area (Å²) in [7, 11) is -1.98. The average Bonchev–Trinajstić information content (AvgIpc) is 2.88. The number of hydrogen-bond donors (Lipinski definition) is 1. The summed E-state index contributed by atoms with van der Waals surface area (Å²) in [6, 6.07) is 23.8. The summed E-state index contributed by atoms with van der Waals surface area (Å²) >= 11 is 3.48. The molecule has 0 radical (unpaired) electrons. The van der Waals surface area contributed by atoms with Crippen molar-refractivity contribution < 1.29 is 18.0 Å². The quantitative estimate of drug-likeness (QED) is 0.327. The van der Waals surface area contributed by atoms with Crippen LogP contribution in [0.15, 0.2) is 83.3 Å². The molecule has 3 aromatic rings. The van der Waals surface area contributed by atoms with Crippen molar-refractivity contribution in [1.29, 1.82) is 0 Å². The van der Waals surface area contributed by atoms with E-state index in [0.29, 0.717) is 18.5 Å². The van der Waals surface area contributed by atoms with Gasteiger partial charge >= 0.3 is 0 Å². The molecular formula is C29H34BrN3O4S. The number of anilines is 1. The van der Waals surface area contributed by atoms with E-state index in [2.05, 4.69) is 21.2 Å². The third-order valence-corrected chi connectivity index (χ3v) is 7.97. The highest BCUT2D eigenvalue weighted by Crippen LogP contribution is 2.23. The van der Waals surface area contributed by atoms with Crippen molar-refractivity contribution >= 4 is 43.5 Å². The fourth-order valence-corrected chi connectivity index (χ4v) is 5.85. The molecule has 0 aliphatic heterocycles. The van der Waals surface area contributed by atoms with Crippen molar-refractivity contribution in [3.05, 3.63) is 100 Å². The Balaban J connectivity index is 1.85. The number of carbonyl (C=O) groups excluding carboxylic acids is 2. The van der Waals surface area contributed by atoms with Crippen molar-refractivity contribution in [2.45, 2.75) is 38.8 Å². The summed E-state index contributed by atoms with van der Waals surface area (Å²) in [5, 5.41) is 2.71. The van der Waals surface area contributed by atoms with Gasteiger partial charge in [-0.1, -0.05) is 76.6 Å². The van der Waals surface area contributed by atoms with Crippen molar-refractivity contribution in [3.8, 4) is 0 Å². The summed E-state index contributed by atoms with van der Waals surface area (Å²) < 4.78 is 27.4. The summed E-state index contributed by atoms with van der Waals surface area (Å²) in [4.78, 5) is 28.3. The number of carbonyl (C=O) groups is 2. The number of benzene rings is 3. The lowest BCUT2D eigenvalue weighted by atomic mass is 10.0. The van der Waals surface area contributed by atoms with Crippen molar-refractivity contribution in [2.75, 3.05) is 24.2 Å². The molecule has 38 heavy (non-hydrogen) atoms. The lowest BCUT2D eigenvalue weighted by molar-refractivity contribution is -0.141. The van der Waals surface area contributed by atoms with Gasteiger partial charge in [0.1, 0.15) is 6.04 Å². The Morgan fingerprint density at radius 1 is 0.947 bits per heavy atom. The van der Waals surface area contributed by atoms with Gasteiger partial charge in [0.15, 0.2) is 0 Å². The first-order valence-corrected chi connectivity index (χ1v) is 15.1. The second kappa shape index (κ2) is 13.6. The molecule has 2 amide bonds. The zero-order valence-electron chi connectivity index (χ0n) is 21.9. The molecule has 9 heteroatoms. The third-order valence-electron chi connectivity index (χ3n) is 6.30. The Bertz CT molecular complexity index is 1350. The van der Waals surface area contributed by atoms with E-state index in [9.17, 15) is 18.0 Å². The molecule has 202 valence electrons. The first-order valence-electron chi connectivity index (χ1n) is 12.4. The van der Waals surface area contributed by atoms with Gasteiger partial charge in [-0.15, -0.1) is 0 Å². The lowest BCUT2D eigenvalue weighted by Gasteiger charge is -2.31. The molecular weight excluding hydrogens is 566 g/mol. The smallest absolute Gasteiger partial charge is 0.242 e. The molecule has 1 atom stereocenters. The predicted molar refractivity (Wildman–Crippen MR) is 155 cm³/mol. The summed E-state index contributed by atoms with van der Waals surface area (Å²) in [5.41, 5.74) is 3.26. The fourth-order valence-electron chi connectivity index (χ4n) is 4.38. The highest BCUT2D eigenvalue weighted by Gasteiger charge is 2.30. The number of amides is 2. The number of nitrogens with one attached hydrogen (secondary N) is 1. The number of rotatable bonds is 12. The Labute approximate surface area is 234 Å². The van der Waals surface area contributed by atoms with Gasteiger partial charge < -0.3 is 10.2 Å². The van der Waals surface area contributed by atoms with E-state index in [4.69, 9.17) is 0 Å². The number of halogens is 1. The van der Waals surface area contributed by atoms with Gasteiger partial charge in [-0.2, -0.15) is 0 Å². The fraction of sp³-hybridized carbons (Fsp3) is 0.310. The van der Waals surface area contributed by atoms with Crippen LogP contribution in [0.3, 0.4) is 0 Å². The number of para-hydroxylation sites is 1. The predicted octanol–water partition coefficient (Wildman–Crippen LogP) is 4.69. The maximum Gasteiger partial charge on any atom is 0.242 e. The monoisotopic (exact) mass is 599 g/mol. The summed E-state index contributed by atoms with van der Waals surface area (Å²) in [5.74, 6) is -0.470. The maximum atomic E-state index is 13.7. The maximum absolute atomic E-state index is 13.7. The van der Waals surface area contributed by atoms with Crippen LogP contribution < -0.4 is 9.62 Å². The highest BCUT2D eigenvalue weighted by molar-refractivity contribution is 9.10. The van der Waals surface area contributed by atoms with Crippen molar-refractivity contribution in [1.82, 2.24) is 10.2 Å². The SMILES string of the molecule is CNC(=O)[C@@H](Cc1ccccc1)N(Cc1cccc(Br)c1)C(=O)CCCN(c1ccccc1C)S(C)(=O)=O. The Morgan fingerprint density at radius 2 is 1.61 bits per heavy atom. The average molecular weight is 601 g/mol. The minimum Gasteiger partial charge on any atom is -0.357 e. The molecule has 0 saturated heterocycles.